The van der Waals surface area contributed by atoms with Crippen LogP contribution in [0.3, 0.4) is 0 Å². The van der Waals surface area contributed by atoms with Crippen molar-refractivity contribution in [3.05, 3.63) is 18.6 Å². The quantitative estimate of drug-likeness (QED) is 0.501. The van der Waals surface area contributed by atoms with Crippen molar-refractivity contribution in [2.45, 2.75) is 24.5 Å². The summed E-state index contributed by atoms with van der Waals surface area (Å²) in [6.07, 6.45) is -1.49. The van der Waals surface area contributed by atoms with Crippen molar-refractivity contribution in [2.24, 2.45) is 0 Å². The van der Waals surface area contributed by atoms with E-state index in [1.54, 1.807) is 16.8 Å². The van der Waals surface area contributed by atoms with Crippen LogP contribution >= 0.6 is 0 Å². The fraction of sp³-hybridized carbons (Fsp3) is 0.455. The SMILES string of the molecule is Nc1ncnc2c1ccn2[C@@H]1OC[C@@H](O)[C@H](O)[C@H]1O. The van der Waals surface area contributed by atoms with Gasteiger partial charge in [-0.3, -0.25) is 0 Å². The standard InChI is InChI=1S/C11H14N4O4/c12-9-5-1-2-15(10(5)14-4-13-9)11-8(18)7(17)6(16)3-19-11/h1-2,4,6-8,11,16-18H,3H2,(H2,12,13,14)/t6-,7+,8-,11-/m1/s1. The summed E-state index contributed by atoms with van der Waals surface area (Å²) < 4.78 is 6.93. The van der Waals surface area contributed by atoms with E-state index in [-0.39, 0.29) is 6.61 Å². The van der Waals surface area contributed by atoms with E-state index in [0.29, 0.717) is 16.9 Å². The van der Waals surface area contributed by atoms with Crippen LogP contribution in [0, 0.1) is 0 Å². The van der Waals surface area contributed by atoms with E-state index in [4.69, 9.17) is 10.5 Å². The van der Waals surface area contributed by atoms with E-state index in [0.717, 1.165) is 0 Å². The first-order valence-corrected chi connectivity index (χ1v) is 5.82. The van der Waals surface area contributed by atoms with Gasteiger partial charge in [-0.25, -0.2) is 9.97 Å². The predicted octanol–water partition coefficient (Wildman–Crippen LogP) is -1.38. The van der Waals surface area contributed by atoms with E-state index >= 15 is 0 Å². The zero-order chi connectivity index (χ0) is 13.6. The third-order valence-electron chi connectivity index (χ3n) is 3.29. The second-order valence-electron chi connectivity index (χ2n) is 4.49. The summed E-state index contributed by atoms with van der Waals surface area (Å²) in [6, 6.07) is 1.71. The van der Waals surface area contributed by atoms with Gasteiger partial charge in [-0.2, -0.15) is 0 Å². The van der Waals surface area contributed by atoms with Crippen LogP contribution in [0.4, 0.5) is 5.82 Å². The average molecular weight is 266 g/mol. The number of rotatable bonds is 1. The summed E-state index contributed by atoms with van der Waals surface area (Å²) in [6.45, 7) is -0.0663. The molecule has 2 aromatic heterocycles. The fourth-order valence-electron chi connectivity index (χ4n) is 2.23. The van der Waals surface area contributed by atoms with Crippen LogP contribution in [0.25, 0.3) is 11.0 Å². The van der Waals surface area contributed by atoms with E-state index in [1.807, 2.05) is 0 Å². The number of fused-ring (bicyclic) bond motifs is 1. The molecule has 0 saturated carbocycles. The first-order valence-electron chi connectivity index (χ1n) is 5.82. The van der Waals surface area contributed by atoms with Gasteiger partial charge in [-0.1, -0.05) is 0 Å². The molecule has 0 aromatic carbocycles. The molecule has 0 spiro atoms. The third kappa shape index (κ3) is 1.85. The Bertz CT molecular complexity index is 601. The van der Waals surface area contributed by atoms with Gasteiger partial charge in [0.05, 0.1) is 12.0 Å². The molecule has 4 atom stereocenters. The summed E-state index contributed by atoms with van der Waals surface area (Å²) in [7, 11) is 0. The highest BCUT2D eigenvalue weighted by Gasteiger charge is 2.39. The van der Waals surface area contributed by atoms with Gasteiger partial charge in [0.25, 0.3) is 0 Å². The molecule has 1 aliphatic rings. The highest BCUT2D eigenvalue weighted by atomic mass is 16.5. The first-order chi connectivity index (χ1) is 9.09. The Morgan fingerprint density at radius 3 is 2.84 bits per heavy atom. The number of hydrogen-bond acceptors (Lipinski definition) is 7. The minimum atomic E-state index is -1.27. The lowest BCUT2D eigenvalue weighted by Gasteiger charge is -2.35. The van der Waals surface area contributed by atoms with Gasteiger partial charge in [0.2, 0.25) is 0 Å². The minimum Gasteiger partial charge on any atom is -0.388 e. The van der Waals surface area contributed by atoms with Crippen molar-refractivity contribution in [1.82, 2.24) is 14.5 Å². The van der Waals surface area contributed by atoms with Crippen molar-refractivity contribution in [2.75, 3.05) is 12.3 Å². The molecule has 1 saturated heterocycles. The van der Waals surface area contributed by atoms with Crippen molar-refractivity contribution in [3.63, 3.8) is 0 Å². The van der Waals surface area contributed by atoms with E-state index in [9.17, 15) is 15.3 Å². The number of aliphatic hydroxyl groups is 3. The van der Waals surface area contributed by atoms with Crippen LogP contribution in [0.1, 0.15) is 6.23 Å². The van der Waals surface area contributed by atoms with Crippen LogP contribution in [-0.4, -0.2) is 54.8 Å². The van der Waals surface area contributed by atoms with E-state index in [2.05, 4.69) is 9.97 Å². The number of nitrogens with zero attached hydrogens (tertiary/aromatic N) is 3. The predicted molar refractivity (Wildman–Crippen MR) is 64.9 cm³/mol. The van der Waals surface area contributed by atoms with Gasteiger partial charge in [0, 0.05) is 6.20 Å². The monoisotopic (exact) mass is 266 g/mol. The van der Waals surface area contributed by atoms with Gasteiger partial charge >= 0.3 is 0 Å². The van der Waals surface area contributed by atoms with Crippen LogP contribution in [-0.2, 0) is 4.74 Å². The maximum absolute atomic E-state index is 9.98. The zero-order valence-corrected chi connectivity index (χ0v) is 9.92. The molecule has 102 valence electrons. The normalized spacial score (nSPS) is 31.7. The molecule has 0 bridgehead atoms. The van der Waals surface area contributed by atoms with Crippen molar-refractivity contribution in [3.8, 4) is 0 Å². The molecule has 2 aromatic rings. The maximum atomic E-state index is 9.98. The lowest BCUT2D eigenvalue weighted by atomic mass is 10.0. The zero-order valence-electron chi connectivity index (χ0n) is 9.92. The molecule has 1 aliphatic heterocycles. The molecule has 0 aliphatic carbocycles. The Morgan fingerprint density at radius 1 is 1.26 bits per heavy atom. The third-order valence-corrected chi connectivity index (χ3v) is 3.29. The van der Waals surface area contributed by atoms with Crippen molar-refractivity contribution < 1.29 is 20.1 Å². The number of nitrogens with two attached hydrogens (primary N) is 1. The molecule has 3 heterocycles. The summed E-state index contributed by atoms with van der Waals surface area (Å²) in [5.74, 6) is 0.328. The highest BCUT2D eigenvalue weighted by molar-refractivity contribution is 5.86. The Labute approximate surface area is 108 Å². The maximum Gasteiger partial charge on any atom is 0.164 e. The largest absolute Gasteiger partial charge is 0.388 e. The van der Waals surface area contributed by atoms with Crippen LogP contribution in [0.2, 0.25) is 0 Å². The molecule has 5 N–H and O–H groups in total. The number of aromatic nitrogens is 3. The van der Waals surface area contributed by atoms with Crippen LogP contribution in [0.15, 0.2) is 18.6 Å². The molecular formula is C11H14N4O4. The Balaban J connectivity index is 2.03. The minimum absolute atomic E-state index is 0.0663. The number of anilines is 1. The molecule has 8 heteroatoms. The summed E-state index contributed by atoms with van der Waals surface area (Å²) in [4.78, 5) is 7.96. The topological polar surface area (TPSA) is 127 Å². The molecule has 1 fully saturated rings. The summed E-state index contributed by atoms with van der Waals surface area (Å²) in [5, 5.41) is 29.7. The van der Waals surface area contributed by atoms with Crippen molar-refractivity contribution >= 4 is 16.9 Å². The van der Waals surface area contributed by atoms with E-state index < -0.39 is 24.5 Å². The number of nitrogen functional groups attached to an aromatic ring is 1. The second kappa shape index (κ2) is 4.42. The Kier molecular flexibility index (Phi) is 2.86. The molecule has 19 heavy (non-hydrogen) atoms. The second-order valence-corrected chi connectivity index (χ2v) is 4.49. The lowest BCUT2D eigenvalue weighted by Crippen LogP contribution is -2.50. The smallest absolute Gasteiger partial charge is 0.164 e. The number of ether oxygens (including phenoxy) is 1. The molecule has 0 amide bonds. The average Bonchev–Trinajstić information content (AvgIpc) is 2.82. The van der Waals surface area contributed by atoms with Gasteiger partial charge in [0.15, 0.2) is 6.23 Å². The fourth-order valence-corrected chi connectivity index (χ4v) is 2.23. The molecule has 0 unspecified atom stereocenters. The van der Waals surface area contributed by atoms with Gasteiger partial charge in [-0.15, -0.1) is 0 Å². The molecule has 8 nitrogen and oxygen atoms in total. The van der Waals surface area contributed by atoms with Gasteiger partial charge < -0.3 is 30.4 Å². The summed E-state index contributed by atoms with van der Waals surface area (Å²) >= 11 is 0. The van der Waals surface area contributed by atoms with Crippen LogP contribution < -0.4 is 5.73 Å². The highest BCUT2D eigenvalue weighted by Crippen LogP contribution is 2.28. The van der Waals surface area contributed by atoms with E-state index in [1.165, 1.54) is 6.33 Å². The molecular weight excluding hydrogens is 252 g/mol. The molecule has 3 rings (SSSR count). The summed E-state index contributed by atoms with van der Waals surface area (Å²) in [5.41, 5.74) is 6.23. The number of aliphatic hydroxyl groups excluding tert-OH is 3. The lowest BCUT2D eigenvalue weighted by molar-refractivity contribution is -0.209. The molecule has 0 radical (unpaired) electrons. The first kappa shape index (κ1) is 12.3. The van der Waals surface area contributed by atoms with Crippen LogP contribution in [0.5, 0.6) is 0 Å². The Morgan fingerprint density at radius 2 is 2.05 bits per heavy atom. The van der Waals surface area contributed by atoms with Crippen molar-refractivity contribution in [1.29, 1.82) is 0 Å². The van der Waals surface area contributed by atoms with Gasteiger partial charge in [-0.05, 0) is 6.07 Å². The Hall–Kier alpha value is -1.74. The number of hydrogen-bond donors (Lipinski definition) is 4. The van der Waals surface area contributed by atoms with Gasteiger partial charge in [0.1, 0.15) is 36.1 Å².